The quantitative estimate of drug-likeness (QED) is 0.0626. The van der Waals surface area contributed by atoms with Crippen LogP contribution in [0.3, 0.4) is 0 Å². The fourth-order valence-electron chi connectivity index (χ4n) is 4.03. The Labute approximate surface area is 260 Å². The lowest BCUT2D eigenvalue weighted by atomic mass is 10.1. The van der Waals surface area contributed by atoms with Crippen molar-refractivity contribution in [2.75, 3.05) is 0 Å². The third-order valence-electron chi connectivity index (χ3n) is 6.36. The second kappa shape index (κ2) is 17.3. The summed E-state index contributed by atoms with van der Waals surface area (Å²) in [4.78, 5) is 49.1. The Hall–Kier alpha value is -5.90. The summed E-state index contributed by atoms with van der Waals surface area (Å²) in [5.74, 6) is -0.886. The average Bonchev–Trinajstić information content (AvgIpc) is 3.07. The van der Waals surface area contributed by atoms with Gasteiger partial charge in [0.2, 0.25) is 11.8 Å². The van der Waals surface area contributed by atoms with Gasteiger partial charge in [-0.3, -0.25) is 9.59 Å². The topological polar surface area (TPSA) is 136 Å². The van der Waals surface area contributed by atoms with E-state index in [9.17, 15) is 19.2 Å². The number of ether oxygens (including phenoxy) is 2. The first-order chi connectivity index (χ1) is 22.0. The van der Waals surface area contributed by atoms with Crippen LogP contribution < -0.4 is 20.3 Å². The highest BCUT2D eigenvalue weighted by atomic mass is 16.5. The van der Waals surface area contributed by atoms with Crippen molar-refractivity contribution in [2.24, 2.45) is 10.2 Å². The maximum atomic E-state index is 12.4. The Morgan fingerprint density at radius 2 is 0.889 bits per heavy atom. The van der Waals surface area contributed by atoms with Crippen molar-refractivity contribution in [1.82, 2.24) is 10.9 Å². The normalized spacial score (nSPS) is 10.8. The van der Waals surface area contributed by atoms with Crippen molar-refractivity contribution in [3.05, 3.63) is 131 Å². The number of benzene rings is 4. The molecule has 10 heteroatoms. The van der Waals surface area contributed by atoms with Crippen molar-refractivity contribution in [2.45, 2.75) is 32.1 Å². The van der Waals surface area contributed by atoms with Gasteiger partial charge in [-0.15, -0.1) is 0 Å². The van der Waals surface area contributed by atoms with Gasteiger partial charge in [-0.2, -0.15) is 10.2 Å². The molecule has 0 bridgehead atoms. The molecular formula is C35H32N4O6. The number of esters is 2. The monoisotopic (exact) mass is 604 g/mol. The fraction of sp³-hybridized carbons (Fsp3) is 0.143. The van der Waals surface area contributed by atoms with E-state index in [2.05, 4.69) is 21.1 Å². The predicted octanol–water partition coefficient (Wildman–Crippen LogP) is 5.68. The predicted molar refractivity (Wildman–Crippen MR) is 170 cm³/mol. The third-order valence-corrected chi connectivity index (χ3v) is 6.36. The van der Waals surface area contributed by atoms with Crippen LogP contribution in [0.1, 0.15) is 63.9 Å². The van der Waals surface area contributed by atoms with Crippen molar-refractivity contribution in [1.29, 1.82) is 0 Å². The van der Waals surface area contributed by atoms with E-state index in [4.69, 9.17) is 9.47 Å². The molecule has 4 aromatic rings. The number of rotatable bonds is 14. The van der Waals surface area contributed by atoms with Gasteiger partial charge in [0.1, 0.15) is 11.5 Å². The maximum Gasteiger partial charge on any atom is 0.343 e. The minimum Gasteiger partial charge on any atom is -0.422 e. The highest BCUT2D eigenvalue weighted by Crippen LogP contribution is 2.19. The molecule has 0 saturated carbocycles. The average molecular weight is 605 g/mol. The Morgan fingerprint density at radius 1 is 0.511 bits per heavy atom. The standard InChI is InChI=1S/C35H32N4O6/c40-32(38-36-24-28-18-10-12-20-30(28)44-34(42)26-14-4-1-5-15-26)22-8-3-9-23-33(41)39-37-25-29-19-11-13-21-31(29)45-35(43)27-16-6-2-7-17-27/h1-2,4-7,10-21,24-25H,3,8-9,22-23H2,(H,38,40)(H,39,41)/b36-24-,37-25+. The van der Waals surface area contributed by atoms with Crippen LogP contribution in [0, 0.1) is 0 Å². The Kier molecular flexibility index (Phi) is 12.3. The van der Waals surface area contributed by atoms with Crippen LogP contribution in [0.25, 0.3) is 0 Å². The number of unbranched alkanes of at least 4 members (excludes halogenated alkanes) is 2. The van der Waals surface area contributed by atoms with Crippen molar-refractivity contribution in [3.8, 4) is 11.5 Å². The van der Waals surface area contributed by atoms with E-state index in [-0.39, 0.29) is 24.7 Å². The lowest BCUT2D eigenvalue weighted by Crippen LogP contribution is -2.18. The third kappa shape index (κ3) is 10.7. The zero-order valence-corrected chi connectivity index (χ0v) is 24.4. The largest absolute Gasteiger partial charge is 0.422 e. The first-order valence-corrected chi connectivity index (χ1v) is 14.4. The highest BCUT2D eigenvalue weighted by Gasteiger charge is 2.12. The zero-order chi connectivity index (χ0) is 31.7. The second-order valence-electron chi connectivity index (χ2n) is 9.73. The molecule has 0 spiro atoms. The number of para-hydroxylation sites is 2. The summed E-state index contributed by atoms with van der Waals surface area (Å²) in [6, 6.07) is 31.0. The van der Waals surface area contributed by atoms with Crippen LogP contribution in [-0.4, -0.2) is 36.2 Å². The molecule has 0 unspecified atom stereocenters. The molecule has 0 aliphatic rings. The summed E-state index contributed by atoms with van der Waals surface area (Å²) >= 11 is 0. The minimum absolute atomic E-state index is 0.236. The molecule has 0 atom stereocenters. The molecule has 0 fully saturated rings. The number of carbonyl (C=O) groups excluding carboxylic acids is 4. The molecule has 45 heavy (non-hydrogen) atoms. The Morgan fingerprint density at radius 3 is 1.31 bits per heavy atom. The molecule has 0 aromatic heterocycles. The molecule has 2 amide bonds. The van der Waals surface area contributed by atoms with E-state index in [1.54, 1.807) is 97.1 Å². The van der Waals surface area contributed by atoms with Gasteiger partial charge in [0.05, 0.1) is 23.6 Å². The van der Waals surface area contributed by atoms with E-state index in [0.717, 1.165) is 0 Å². The van der Waals surface area contributed by atoms with Gasteiger partial charge in [-0.05, 0) is 61.4 Å². The van der Waals surface area contributed by atoms with Gasteiger partial charge in [-0.1, -0.05) is 67.1 Å². The van der Waals surface area contributed by atoms with Crippen molar-refractivity contribution < 1.29 is 28.7 Å². The highest BCUT2D eigenvalue weighted by molar-refractivity contribution is 5.94. The summed E-state index contributed by atoms with van der Waals surface area (Å²) in [7, 11) is 0. The van der Waals surface area contributed by atoms with Crippen LogP contribution in [0.15, 0.2) is 119 Å². The van der Waals surface area contributed by atoms with E-state index in [0.29, 0.717) is 53.0 Å². The number of hydrogen-bond acceptors (Lipinski definition) is 8. The van der Waals surface area contributed by atoms with Crippen molar-refractivity contribution >= 4 is 36.2 Å². The molecule has 0 saturated heterocycles. The molecular weight excluding hydrogens is 572 g/mol. The van der Waals surface area contributed by atoms with Crippen LogP contribution >= 0.6 is 0 Å². The second-order valence-corrected chi connectivity index (χ2v) is 9.73. The summed E-state index contributed by atoms with van der Waals surface area (Å²) in [5.41, 5.74) is 6.86. The number of nitrogens with zero attached hydrogens (tertiary/aromatic N) is 2. The first-order valence-electron chi connectivity index (χ1n) is 14.4. The molecule has 0 aliphatic heterocycles. The summed E-state index contributed by atoms with van der Waals surface area (Å²) < 4.78 is 11.0. The van der Waals surface area contributed by atoms with Gasteiger partial charge in [-0.25, -0.2) is 20.4 Å². The van der Waals surface area contributed by atoms with E-state index in [1.165, 1.54) is 12.4 Å². The van der Waals surface area contributed by atoms with Gasteiger partial charge in [0.15, 0.2) is 0 Å². The zero-order valence-electron chi connectivity index (χ0n) is 24.4. The van der Waals surface area contributed by atoms with Crippen LogP contribution in [0.4, 0.5) is 0 Å². The van der Waals surface area contributed by atoms with Gasteiger partial charge < -0.3 is 9.47 Å². The number of amides is 2. The summed E-state index contributed by atoms with van der Waals surface area (Å²) in [6.45, 7) is 0. The lowest BCUT2D eigenvalue weighted by Gasteiger charge is -2.07. The maximum absolute atomic E-state index is 12.4. The fourth-order valence-corrected chi connectivity index (χ4v) is 4.03. The van der Waals surface area contributed by atoms with Gasteiger partial charge in [0.25, 0.3) is 0 Å². The number of hydrogen-bond donors (Lipinski definition) is 2. The molecule has 228 valence electrons. The molecule has 10 nitrogen and oxygen atoms in total. The van der Waals surface area contributed by atoms with Crippen LogP contribution in [0.5, 0.6) is 11.5 Å². The molecule has 0 radical (unpaired) electrons. The molecule has 0 aliphatic carbocycles. The van der Waals surface area contributed by atoms with Crippen molar-refractivity contribution in [3.63, 3.8) is 0 Å². The smallest absolute Gasteiger partial charge is 0.343 e. The molecule has 4 rings (SSSR count). The number of carbonyl (C=O) groups is 4. The Balaban J connectivity index is 1.13. The Bertz CT molecular complexity index is 1530. The summed E-state index contributed by atoms with van der Waals surface area (Å²) in [5, 5.41) is 7.96. The number of hydrazone groups is 2. The minimum atomic E-state index is -0.492. The molecule has 2 N–H and O–H groups in total. The lowest BCUT2D eigenvalue weighted by molar-refractivity contribution is -0.121. The van der Waals surface area contributed by atoms with Gasteiger partial charge >= 0.3 is 11.9 Å². The van der Waals surface area contributed by atoms with E-state index < -0.39 is 11.9 Å². The van der Waals surface area contributed by atoms with Crippen LogP contribution in [0.2, 0.25) is 0 Å². The van der Waals surface area contributed by atoms with E-state index >= 15 is 0 Å². The number of nitrogens with one attached hydrogen (secondary N) is 2. The molecule has 4 aromatic carbocycles. The summed E-state index contributed by atoms with van der Waals surface area (Å²) in [6.07, 6.45) is 5.11. The first kappa shape index (κ1) is 32.0. The SMILES string of the molecule is O=C(CCCCCC(=O)N/N=C/c1ccccc1OC(=O)c1ccccc1)N/N=C\c1ccccc1OC(=O)c1ccccc1. The van der Waals surface area contributed by atoms with Crippen LogP contribution in [-0.2, 0) is 9.59 Å². The molecule has 0 heterocycles. The van der Waals surface area contributed by atoms with E-state index in [1.807, 2.05) is 12.1 Å². The van der Waals surface area contributed by atoms with Gasteiger partial charge in [0, 0.05) is 24.0 Å².